The summed E-state index contributed by atoms with van der Waals surface area (Å²) in [6.07, 6.45) is 0. The Morgan fingerprint density at radius 2 is 1.85 bits per heavy atom. The van der Waals surface area contributed by atoms with Gasteiger partial charge >= 0.3 is 0 Å². The van der Waals surface area contributed by atoms with Crippen LogP contribution in [-0.2, 0) is 11.3 Å². The second kappa shape index (κ2) is 8.81. The molecule has 5 heteroatoms. The number of hydrogen-bond acceptors (Lipinski definition) is 3. The normalized spacial score (nSPS) is 12.2. The number of aromatic amines is 1. The molecule has 0 fully saturated rings. The average molecular weight is 356 g/mol. The van der Waals surface area contributed by atoms with Crippen LogP contribution in [0.25, 0.3) is 0 Å². The van der Waals surface area contributed by atoms with Crippen LogP contribution in [0.2, 0.25) is 0 Å². The van der Waals surface area contributed by atoms with Crippen molar-refractivity contribution in [3.8, 4) is 0 Å². The topological polar surface area (TPSA) is 62.4 Å². The van der Waals surface area contributed by atoms with E-state index in [4.69, 9.17) is 4.74 Å². The highest BCUT2D eigenvalue weighted by molar-refractivity contribution is 5.94. The summed E-state index contributed by atoms with van der Waals surface area (Å²) in [6, 6.07) is 11.2. The summed E-state index contributed by atoms with van der Waals surface area (Å²) in [5, 5.41) is 0. The molecule has 0 aliphatic heterocycles. The van der Waals surface area contributed by atoms with Gasteiger partial charge in [-0.1, -0.05) is 38.1 Å². The minimum atomic E-state index is -0.347. The third kappa shape index (κ3) is 4.61. The van der Waals surface area contributed by atoms with Crippen molar-refractivity contribution in [2.45, 2.75) is 46.2 Å². The van der Waals surface area contributed by atoms with Crippen LogP contribution < -0.4 is 5.56 Å². The monoisotopic (exact) mass is 356 g/mol. The van der Waals surface area contributed by atoms with Crippen molar-refractivity contribution < 1.29 is 9.53 Å². The van der Waals surface area contributed by atoms with Crippen LogP contribution in [0.5, 0.6) is 0 Å². The lowest BCUT2D eigenvalue weighted by molar-refractivity contribution is 0.0540. The number of hydrogen-bond donors (Lipinski definition) is 1. The van der Waals surface area contributed by atoms with Gasteiger partial charge in [0.25, 0.3) is 11.5 Å². The molecule has 1 heterocycles. The summed E-state index contributed by atoms with van der Waals surface area (Å²) in [5.41, 5.74) is 2.80. The number of pyridine rings is 1. The van der Waals surface area contributed by atoms with Gasteiger partial charge in [0.2, 0.25) is 0 Å². The highest BCUT2D eigenvalue weighted by atomic mass is 16.5. The van der Waals surface area contributed by atoms with E-state index in [9.17, 15) is 9.59 Å². The fraction of sp³-hybridized carbons (Fsp3) is 0.429. The second-order valence-electron chi connectivity index (χ2n) is 6.98. The second-order valence-corrected chi connectivity index (χ2v) is 6.98. The lowest BCUT2D eigenvalue weighted by Gasteiger charge is -2.29. The van der Waals surface area contributed by atoms with E-state index in [2.05, 4.69) is 4.98 Å². The molecule has 0 aliphatic carbocycles. The third-order valence-electron chi connectivity index (χ3n) is 4.59. The van der Waals surface area contributed by atoms with Gasteiger partial charge in [-0.05, 0) is 43.0 Å². The molecule has 1 N–H and O–H groups in total. The maximum Gasteiger partial charge on any atom is 0.261 e. The van der Waals surface area contributed by atoms with Crippen molar-refractivity contribution in [3.63, 3.8) is 0 Å². The molecule has 0 spiro atoms. The molecule has 5 nitrogen and oxygen atoms in total. The minimum Gasteiger partial charge on any atom is -0.383 e. The molecular weight excluding hydrogens is 328 g/mol. The molecule has 2 rings (SSSR count). The molecule has 2 aromatic rings. The molecule has 0 saturated heterocycles. The molecule has 1 amide bonds. The molecule has 1 aromatic heterocycles. The van der Waals surface area contributed by atoms with E-state index in [1.54, 1.807) is 18.1 Å². The number of benzene rings is 1. The Bertz CT molecular complexity index is 811. The Kier molecular flexibility index (Phi) is 6.75. The molecule has 26 heavy (non-hydrogen) atoms. The maximum atomic E-state index is 13.1. The van der Waals surface area contributed by atoms with Crippen molar-refractivity contribution in [2.24, 2.45) is 0 Å². The molecule has 1 aromatic carbocycles. The third-order valence-corrected chi connectivity index (χ3v) is 4.59. The number of nitrogens with one attached hydrogen (secondary N) is 1. The first kappa shape index (κ1) is 19.9. The van der Waals surface area contributed by atoms with Gasteiger partial charge in [-0.15, -0.1) is 0 Å². The Hall–Kier alpha value is -2.40. The molecular formula is C21H28N2O3. The highest BCUT2D eigenvalue weighted by Crippen LogP contribution is 2.16. The van der Waals surface area contributed by atoms with Gasteiger partial charge in [0, 0.05) is 19.3 Å². The molecule has 0 bridgehead atoms. The number of aromatic nitrogens is 1. The standard InChI is InChI=1S/C21H28N2O3/c1-14(2)19-11-10-18(20(24)22-19)21(25)23(16(4)13-26-5)12-17-9-7-6-8-15(17)3/h6-11,14,16H,12-13H2,1-5H3,(H,22,24). The number of carbonyl (C=O) groups is 1. The highest BCUT2D eigenvalue weighted by Gasteiger charge is 2.24. The maximum absolute atomic E-state index is 13.1. The van der Waals surface area contributed by atoms with Crippen molar-refractivity contribution in [1.82, 2.24) is 9.88 Å². The summed E-state index contributed by atoms with van der Waals surface area (Å²) in [5.74, 6) is -0.0864. The zero-order chi connectivity index (χ0) is 19.3. The van der Waals surface area contributed by atoms with E-state index in [1.165, 1.54) is 0 Å². The van der Waals surface area contributed by atoms with Gasteiger partial charge in [-0.25, -0.2) is 0 Å². The number of amides is 1. The van der Waals surface area contributed by atoms with Crippen LogP contribution in [0.15, 0.2) is 41.2 Å². The fourth-order valence-electron chi connectivity index (χ4n) is 2.88. The molecule has 0 aliphatic rings. The largest absolute Gasteiger partial charge is 0.383 e. The lowest BCUT2D eigenvalue weighted by atomic mass is 10.1. The van der Waals surface area contributed by atoms with Crippen molar-refractivity contribution in [3.05, 3.63) is 69.1 Å². The number of ether oxygens (including phenoxy) is 1. The first-order chi connectivity index (χ1) is 12.3. The van der Waals surface area contributed by atoms with Crippen LogP contribution in [0.1, 0.15) is 53.9 Å². The average Bonchev–Trinajstić information content (AvgIpc) is 2.60. The van der Waals surface area contributed by atoms with Crippen LogP contribution in [-0.4, -0.2) is 35.5 Å². The zero-order valence-electron chi connectivity index (χ0n) is 16.2. The van der Waals surface area contributed by atoms with E-state index in [0.29, 0.717) is 13.2 Å². The van der Waals surface area contributed by atoms with E-state index in [-0.39, 0.29) is 29.0 Å². The number of nitrogens with zero attached hydrogens (tertiary/aromatic N) is 1. The van der Waals surface area contributed by atoms with Gasteiger partial charge in [0.1, 0.15) is 5.56 Å². The first-order valence-electron chi connectivity index (χ1n) is 8.92. The molecule has 0 saturated carbocycles. The summed E-state index contributed by atoms with van der Waals surface area (Å²) >= 11 is 0. The van der Waals surface area contributed by atoms with E-state index in [1.807, 2.05) is 58.0 Å². The van der Waals surface area contributed by atoms with Gasteiger partial charge in [0.15, 0.2) is 0 Å². The van der Waals surface area contributed by atoms with E-state index in [0.717, 1.165) is 16.8 Å². The summed E-state index contributed by atoms with van der Waals surface area (Å²) in [7, 11) is 1.61. The van der Waals surface area contributed by atoms with Crippen LogP contribution >= 0.6 is 0 Å². The predicted molar refractivity (Wildman–Crippen MR) is 104 cm³/mol. The number of carbonyl (C=O) groups excluding carboxylic acids is 1. The van der Waals surface area contributed by atoms with Gasteiger partial charge in [0.05, 0.1) is 12.6 Å². The van der Waals surface area contributed by atoms with E-state index >= 15 is 0 Å². The zero-order valence-corrected chi connectivity index (χ0v) is 16.2. The Morgan fingerprint density at radius 3 is 2.42 bits per heavy atom. The quantitative estimate of drug-likeness (QED) is 0.826. The van der Waals surface area contributed by atoms with Crippen LogP contribution in [0.4, 0.5) is 0 Å². The lowest BCUT2D eigenvalue weighted by Crippen LogP contribution is -2.42. The van der Waals surface area contributed by atoms with E-state index < -0.39 is 0 Å². The Labute approximate surface area is 155 Å². The molecule has 0 radical (unpaired) electrons. The van der Waals surface area contributed by atoms with Gasteiger partial charge < -0.3 is 14.6 Å². The molecule has 140 valence electrons. The Balaban J connectivity index is 2.37. The first-order valence-corrected chi connectivity index (χ1v) is 8.92. The number of H-pyrrole nitrogens is 1. The SMILES string of the molecule is COCC(C)N(Cc1ccccc1C)C(=O)c1ccc(C(C)C)[nH]c1=O. The Morgan fingerprint density at radius 1 is 1.15 bits per heavy atom. The van der Waals surface area contributed by atoms with Gasteiger partial charge in [-0.3, -0.25) is 9.59 Å². The fourth-order valence-corrected chi connectivity index (χ4v) is 2.88. The number of methoxy groups -OCH3 is 1. The van der Waals surface area contributed by atoms with Crippen molar-refractivity contribution in [1.29, 1.82) is 0 Å². The number of rotatable bonds is 7. The smallest absolute Gasteiger partial charge is 0.261 e. The summed E-state index contributed by atoms with van der Waals surface area (Å²) in [4.78, 5) is 30.1. The molecule has 1 atom stereocenters. The van der Waals surface area contributed by atoms with Crippen LogP contribution in [0.3, 0.4) is 0 Å². The predicted octanol–water partition coefficient (Wildman–Crippen LogP) is 3.48. The van der Waals surface area contributed by atoms with Crippen molar-refractivity contribution >= 4 is 5.91 Å². The molecule has 1 unspecified atom stereocenters. The van der Waals surface area contributed by atoms with Crippen LogP contribution in [0, 0.1) is 6.92 Å². The summed E-state index contributed by atoms with van der Waals surface area (Å²) < 4.78 is 5.24. The minimum absolute atomic E-state index is 0.156. The van der Waals surface area contributed by atoms with Crippen molar-refractivity contribution in [2.75, 3.05) is 13.7 Å². The number of aryl methyl sites for hydroxylation is 1. The van der Waals surface area contributed by atoms with Gasteiger partial charge in [-0.2, -0.15) is 0 Å². The summed E-state index contributed by atoms with van der Waals surface area (Å²) in [6.45, 7) is 8.77.